The molecule has 0 aromatic heterocycles. The number of carboxylic acids is 1. The third-order valence-electron chi connectivity index (χ3n) is 2.70. The van der Waals surface area contributed by atoms with Gasteiger partial charge in [0.25, 0.3) is 5.91 Å². The van der Waals surface area contributed by atoms with Gasteiger partial charge in [0.1, 0.15) is 5.82 Å². The Labute approximate surface area is 124 Å². The standard InChI is InChI=1S/C14H10ClFN2O3/c15-7-1-4-11(16)10(5-7)13(19)18-12-6-8(17)2-3-9(12)14(20)21/h1-6H,17H2,(H,18,19)(H,20,21). The van der Waals surface area contributed by atoms with E-state index >= 15 is 0 Å². The Morgan fingerprint density at radius 1 is 1.14 bits per heavy atom. The third-order valence-corrected chi connectivity index (χ3v) is 2.93. The highest BCUT2D eigenvalue weighted by Crippen LogP contribution is 2.22. The lowest BCUT2D eigenvalue weighted by Crippen LogP contribution is -2.16. The van der Waals surface area contributed by atoms with E-state index in [4.69, 9.17) is 22.4 Å². The monoisotopic (exact) mass is 308 g/mol. The predicted octanol–water partition coefficient (Wildman–Crippen LogP) is 3.01. The second-order valence-electron chi connectivity index (χ2n) is 4.19. The lowest BCUT2D eigenvalue weighted by atomic mass is 10.1. The highest BCUT2D eigenvalue weighted by molar-refractivity contribution is 6.31. The van der Waals surface area contributed by atoms with Crippen molar-refractivity contribution in [2.45, 2.75) is 0 Å². The summed E-state index contributed by atoms with van der Waals surface area (Å²) in [5.41, 5.74) is 5.36. The number of carboxylic acid groups (broad SMARTS) is 1. The zero-order valence-corrected chi connectivity index (χ0v) is 11.3. The Morgan fingerprint density at radius 2 is 1.86 bits per heavy atom. The first-order chi connectivity index (χ1) is 9.88. The third kappa shape index (κ3) is 3.29. The van der Waals surface area contributed by atoms with Crippen molar-refractivity contribution in [3.8, 4) is 0 Å². The van der Waals surface area contributed by atoms with Crippen LogP contribution in [0.5, 0.6) is 0 Å². The lowest BCUT2D eigenvalue weighted by molar-refractivity contribution is 0.0698. The molecule has 0 aliphatic rings. The number of benzene rings is 2. The first kappa shape index (κ1) is 14.8. The van der Waals surface area contributed by atoms with Crippen LogP contribution in [0.1, 0.15) is 20.7 Å². The molecule has 0 bridgehead atoms. The molecule has 0 spiro atoms. The van der Waals surface area contributed by atoms with Crippen LogP contribution in [0, 0.1) is 5.82 Å². The van der Waals surface area contributed by atoms with E-state index in [-0.39, 0.29) is 27.5 Å². The highest BCUT2D eigenvalue weighted by atomic mass is 35.5. The molecule has 0 radical (unpaired) electrons. The summed E-state index contributed by atoms with van der Waals surface area (Å²) < 4.78 is 13.6. The van der Waals surface area contributed by atoms with Gasteiger partial charge in [-0.05, 0) is 36.4 Å². The molecule has 2 rings (SSSR count). The van der Waals surface area contributed by atoms with Crippen LogP contribution >= 0.6 is 11.6 Å². The molecular weight excluding hydrogens is 299 g/mol. The number of nitrogen functional groups attached to an aromatic ring is 1. The fourth-order valence-electron chi connectivity index (χ4n) is 1.71. The number of aromatic carboxylic acids is 1. The van der Waals surface area contributed by atoms with E-state index in [2.05, 4.69) is 5.32 Å². The van der Waals surface area contributed by atoms with Gasteiger partial charge in [-0.15, -0.1) is 0 Å². The second-order valence-corrected chi connectivity index (χ2v) is 4.62. The van der Waals surface area contributed by atoms with Crippen LogP contribution in [0.15, 0.2) is 36.4 Å². The molecule has 2 aromatic carbocycles. The first-order valence-corrected chi connectivity index (χ1v) is 6.15. The molecule has 7 heteroatoms. The number of rotatable bonds is 3. The van der Waals surface area contributed by atoms with Crippen LogP contribution in [-0.4, -0.2) is 17.0 Å². The molecule has 108 valence electrons. The molecule has 0 aliphatic heterocycles. The second kappa shape index (κ2) is 5.80. The van der Waals surface area contributed by atoms with E-state index in [0.29, 0.717) is 0 Å². The van der Waals surface area contributed by atoms with E-state index in [1.54, 1.807) is 0 Å². The topological polar surface area (TPSA) is 92.4 Å². The van der Waals surface area contributed by atoms with Crippen LogP contribution in [-0.2, 0) is 0 Å². The molecule has 0 fully saturated rings. The average molecular weight is 309 g/mol. The molecule has 0 unspecified atom stereocenters. The van der Waals surface area contributed by atoms with Crippen molar-refractivity contribution in [1.82, 2.24) is 0 Å². The number of carbonyl (C=O) groups is 2. The summed E-state index contributed by atoms with van der Waals surface area (Å²) >= 11 is 5.71. The molecule has 0 aliphatic carbocycles. The molecular formula is C14H10ClFN2O3. The zero-order chi connectivity index (χ0) is 15.6. The molecule has 5 nitrogen and oxygen atoms in total. The quantitative estimate of drug-likeness (QED) is 0.760. The summed E-state index contributed by atoms with van der Waals surface area (Å²) in [6.07, 6.45) is 0. The van der Waals surface area contributed by atoms with Gasteiger partial charge in [0, 0.05) is 10.7 Å². The minimum absolute atomic E-state index is 0.0214. The fourth-order valence-corrected chi connectivity index (χ4v) is 1.89. The number of anilines is 2. The molecule has 0 saturated carbocycles. The molecule has 21 heavy (non-hydrogen) atoms. The van der Waals surface area contributed by atoms with Gasteiger partial charge in [-0.2, -0.15) is 0 Å². The predicted molar refractivity (Wildman–Crippen MR) is 77.2 cm³/mol. The van der Waals surface area contributed by atoms with Crippen LogP contribution in [0.25, 0.3) is 0 Å². The van der Waals surface area contributed by atoms with Gasteiger partial charge >= 0.3 is 5.97 Å². The van der Waals surface area contributed by atoms with Crippen molar-refractivity contribution in [3.63, 3.8) is 0 Å². The largest absolute Gasteiger partial charge is 0.478 e. The Kier molecular flexibility index (Phi) is 4.09. The van der Waals surface area contributed by atoms with Gasteiger partial charge in [-0.3, -0.25) is 4.79 Å². The molecule has 0 saturated heterocycles. The highest BCUT2D eigenvalue weighted by Gasteiger charge is 2.16. The number of hydrogen-bond acceptors (Lipinski definition) is 3. The number of nitrogens with one attached hydrogen (secondary N) is 1. The maximum Gasteiger partial charge on any atom is 0.337 e. The van der Waals surface area contributed by atoms with E-state index in [1.165, 1.54) is 24.3 Å². The Bertz CT molecular complexity index is 734. The summed E-state index contributed by atoms with van der Waals surface area (Å²) in [6.45, 7) is 0. The van der Waals surface area contributed by atoms with Crippen LogP contribution < -0.4 is 11.1 Å². The summed E-state index contributed by atoms with van der Waals surface area (Å²) in [6, 6.07) is 7.43. The van der Waals surface area contributed by atoms with Crippen LogP contribution in [0.4, 0.5) is 15.8 Å². The molecule has 0 atom stereocenters. The summed E-state index contributed by atoms with van der Waals surface area (Å²) in [5, 5.41) is 11.6. The number of amides is 1. The maximum atomic E-state index is 13.6. The van der Waals surface area contributed by atoms with Crippen molar-refractivity contribution in [1.29, 1.82) is 0 Å². The Hall–Kier alpha value is -2.60. The normalized spacial score (nSPS) is 10.2. The van der Waals surface area contributed by atoms with Crippen LogP contribution in [0.2, 0.25) is 5.02 Å². The molecule has 4 N–H and O–H groups in total. The van der Waals surface area contributed by atoms with E-state index in [9.17, 15) is 14.0 Å². The lowest BCUT2D eigenvalue weighted by Gasteiger charge is -2.10. The van der Waals surface area contributed by atoms with Gasteiger partial charge < -0.3 is 16.2 Å². The number of hydrogen-bond donors (Lipinski definition) is 3. The number of halogens is 2. The van der Waals surface area contributed by atoms with E-state index < -0.39 is 17.7 Å². The zero-order valence-electron chi connectivity index (χ0n) is 10.6. The Balaban J connectivity index is 2.38. The van der Waals surface area contributed by atoms with Gasteiger partial charge in [-0.1, -0.05) is 11.6 Å². The molecule has 1 amide bonds. The average Bonchev–Trinajstić information content (AvgIpc) is 2.41. The molecule has 0 heterocycles. The minimum atomic E-state index is -1.24. The summed E-state index contributed by atoms with van der Waals surface area (Å²) in [7, 11) is 0. The van der Waals surface area contributed by atoms with Crippen LogP contribution in [0.3, 0.4) is 0 Å². The fraction of sp³-hybridized carbons (Fsp3) is 0. The van der Waals surface area contributed by atoms with Crippen molar-refractivity contribution in [2.75, 3.05) is 11.1 Å². The van der Waals surface area contributed by atoms with Crippen molar-refractivity contribution < 1.29 is 19.1 Å². The Morgan fingerprint density at radius 3 is 2.52 bits per heavy atom. The van der Waals surface area contributed by atoms with Crippen molar-refractivity contribution >= 4 is 34.9 Å². The van der Waals surface area contributed by atoms with Gasteiger partial charge in [0.05, 0.1) is 16.8 Å². The SMILES string of the molecule is Nc1ccc(C(=O)O)c(NC(=O)c2cc(Cl)ccc2F)c1. The number of nitrogens with two attached hydrogens (primary N) is 1. The minimum Gasteiger partial charge on any atom is -0.478 e. The summed E-state index contributed by atoms with van der Waals surface area (Å²) in [5.74, 6) is -2.82. The number of carbonyl (C=O) groups excluding carboxylic acids is 1. The van der Waals surface area contributed by atoms with Gasteiger partial charge in [0.15, 0.2) is 0 Å². The maximum absolute atomic E-state index is 13.6. The van der Waals surface area contributed by atoms with Gasteiger partial charge in [0.2, 0.25) is 0 Å². The smallest absolute Gasteiger partial charge is 0.337 e. The van der Waals surface area contributed by atoms with Crippen molar-refractivity contribution in [3.05, 3.63) is 58.4 Å². The van der Waals surface area contributed by atoms with E-state index in [0.717, 1.165) is 12.1 Å². The van der Waals surface area contributed by atoms with Gasteiger partial charge in [-0.25, -0.2) is 9.18 Å². The summed E-state index contributed by atoms with van der Waals surface area (Å²) in [4.78, 5) is 23.1. The van der Waals surface area contributed by atoms with E-state index in [1.807, 2.05) is 0 Å². The van der Waals surface area contributed by atoms with Crippen molar-refractivity contribution in [2.24, 2.45) is 0 Å². The molecule has 2 aromatic rings. The first-order valence-electron chi connectivity index (χ1n) is 5.77.